The Balaban J connectivity index is 2.58. The highest BCUT2D eigenvalue weighted by Gasteiger charge is 2.05. The number of carbonyl (C=O) groups excluding carboxylic acids is 1. The SMILES string of the molecule is CCOC(=O)C(C)=NNc1ccc(C)cc1. The van der Waals surface area contributed by atoms with Crippen LogP contribution in [0.15, 0.2) is 29.4 Å². The Bertz CT molecular complexity index is 383. The maximum Gasteiger partial charge on any atom is 0.354 e. The fraction of sp³-hybridized carbons (Fsp3) is 0.333. The van der Waals surface area contributed by atoms with E-state index in [-0.39, 0.29) is 0 Å². The molecule has 0 aliphatic rings. The minimum atomic E-state index is -0.401. The number of nitrogens with zero attached hydrogens (tertiary/aromatic N) is 1. The summed E-state index contributed by atoms with van der Waals surface area (Å²) in [5.74, 6) is -0.401. The van der Waals surface area contributed by atoms with Crippen LogP contribution >= 0.6 is 0 Å². The number of benzene rings is 1. The van der Waals surface area contributed by atoms with Gasteiger partial charge in [-0.1, -0.05) is 17.7 Å². The first kappa shape index (κ1) is 12.2. The van der Waals surface area contributed by atoms with Crippen molar-refractivity contribution in [2.24, 2.45) is 5.10 Å². The Hall–Kier alpha value is -1.84. The average Bonchev–Trinajstić information content (AvgIpc) is 2.28. The van der Waals surface area contributed by atoms with Crippen molar-refractivity contribution in [3.8, 4) is 0 Å². The Kier molecular flexibility index (Phi) is 4.51. The average molecular weight is 220 g/mol. The lowest BCUT2D eigenvalue weighted by molar-refractivity contribution is -0.135. The monoisotopic (exact) mass is 220 g/mol. The molecular formula is C12H16N2O2. The molecule has 0 saturated carbocycles. The molecule has 0 unspecified atom stereocenters. The number of ether oxygens (including phenoxy) is 1. The van der Waals surface area contributed by atoms with E-state index in [2.05, 4.69) is 10.5 Å². The van der Waals surface area contributed by atoms with E-state index in [9.17, 15) is 4.79 Å². The van der Waals surface area contributed by atoms with Crippen LogP contribution < -0.4 is 5.43 Å². The van der Waals surface area contributed by atoms with E-state index in [4.69, 9.17) is 4.74 Å². The molecule has 0 bridgehead atoms. The van der Waals surface area contributed by atoms with E-state index in [1.807, 2.05) is 31.2 Å². The third-order valence-corrected chi connectivity index (χ3v) is 1.98. The van der Waals surface area contributed by atoms with Gasteiger partial charge in [-0.05, 0) is 32.9 Å². The van der Waals surface area contributed by atoms with Gasteiger partial charge in [0.15, 0.2) is 0 Å². The predicted molar refractivity (Wildman–Crippen MR) is 64.5 cm³/mol. The zero-order valence-electron chi connectivity index (χ0n) is 9.78. The second-order valence-electron chi connectivity index (χ2n) is 3.40. The zero-order chi connectivity index (χ0) is 12.0. The van der Waals surface area contributed by atoms with Crippen LogP contribution in [0, 0.1) is 6.92 Å². The highest BCUT2D eigenvalue weighted by atomic mass is 16.5. The molecular weight excluding hydrogens is 204 g/mol. The molecule has 0 saturated heterocycles. The first-order valence-electron chi connectivity index (χ1n) is 5.17. The molecule has 0 aliphatic heterocycles. The van der Waals surface area contributed by atoms with Gasteiger partial charge in [-0.2, -0.15) is 5.10 Å². The van der Waals surface area contributed by atoms with Gasteiger partial charge in [0.2, 0.25) is 0 Å². The topological polar surface area (TPSA) is 50.7 Å². The highest BCUT2D eigenvalue weighted by Crippen LogP contribution is 2.08. The maximum atomic E-state index is 11.2. The second kappa shape index (κ2) is 5.90. The standard InChI is InChI=1S/C12H16N2O2/c1-4-16-12(15)10(3)13-14-11-7-5-9(2)6-8-11/h5-8,14H,4H2,1-3H3. The summed E-state index contributed by atoms with van der Waals surface area (Å²) in [6.45, 7) is 5.74. The van der Waals surface area contributed by atoms with Gasteiger partial charge in [-0.25, -0.2) is 4.79 Å². The van der Waals surface area contributed by atoms with Crippen LogP contribution in [0.5, 0.6) is 0 Å². The Labute approximate surface area is 95.3 Å². The number of carbonyl (C=O) groups is 1. The van der Waals surface area contributed by atoms with Gasteiger partial charge in [-0.15, -0.1) is 0 Å². The summed E-state index contributed by atoms with van der Waals surface area (Å²) in [4.78, 5) is 11.2. The summed E-state index contributed by atoms with van der Waals surface area (Å²) in [5.41, 5.74) is 5.13. The minimum Gasteiger partial charge on any atom is -0.461 e. The number of rotatable bonds is 4. The third kappa shape index (κ3) is 3.73. The lowest BCUT2D eigenvalue weighted by atomic mass is 10.2. The fourth-order valence-corrected chi connectivity index (χ4v) is 1.06. The Morgan fingerprint density at radius 2 is 2.00 bits per heavy atom. The molecule has 0 spiro atoms. The molecule has 0 aromatic heterocycles. The van der Waals surface area contributed by atoms with Crippen LogP contribution in [0.4, 0.5) is 5.69 Å². The van der Waals surface area contributed by atoms with Crippen molar-refractivity contribution in [2.45, 2.75) is 20.8 Å². The van der Waals surface area contributed by atoms with Crippen molar-refractivity contribution in [2.75, 3.05) is 12.0 Å². The normalized spacial score (nSPS) is 11.1. The molecule has 0 fully saturated rings. The van der Waals surface area contributed by atoms with Crippen molar-refractivity contribution >= 4 is 17.4 Å². The number of hydrazone groups is 1. The first-order valence-corrected chi connectivity index (χ1v) is 5.17. The van der Waals surface area contributed by atoms with Crippen molar-refractivity contribution in [3.63, 3.8) is 0 Å². The van der Waals surface area contributed by atoms with Gasteiger partial charge in [0.25, 0.3) is 0 Å². The fourth-order valence-electron chi connectivity index (χ4n) is 1.06. The molecule has 16 heavy (non-hydrogen) atoms. The summed E-state index contributed by atoms with van der Waals surface area (Å²) >= 11 is 0. The van der Waals surface area contributed by atoms with E-state index >= 15 is 0 Å². The predicted octanol–water partition coefficient (Wildman–Crippen LogP) is 2.35. The van der Waals surface area contributed by atoms with Crippen LogP contribution in [0.25, 0.3) is 0 Å². The summed E-state index contributed by atoms with van der Waals surface area (Å²) in [5, 5.41) is 3.93. The highest BCUT2D eigenvalue weighted by molar-refractivity contribution is 6.35. The number of anilines is 1. The molecule has 4 nitrogen and oxygen atoms in total. The van der Waals surface area contributed by atoms with Gasteiger partial charge in [0, 0.05) is 0 Å². The second-order valence-corrected chi connectivity index (χ2v) is 3.40. The van der Waals surface area contributed by atoms with Crippen molar-refractivity contribution in [1.82, 2.24) is 0 Å². The van der Waals surface area contributed by atoms with Crippen molar-refractivity contribution < 1.29 is 9.53 Å². The van der Waals surface area contributed by atoms with E-state index in [0.29, 0.717) is 12.3 Å². The molecule has 0 radical (unpaired) electrons. The van der Waals surface area contributed by atoms with Crippen LogP contribution in [0.3, 0.4) is 0 Å². The van der Waals surface area contributed by atoms with Gasteiger partial charge < -0.3 is 4.74 Å². The lowest BCUT2D eigenvalue weighted by Gasteiger charge is -2.03. The molecule has 0 heterocycles. The zero-order valence-corrected chi connectivity index (χ0v) is 9.78. The van der Waals surface area contributed by atoms with Gasteiger partial charge in [0.05, 0.1) is 12.3 Å². The van der Waals surface area contributed by atoms with Crippen molar-refractivity contribution in [3.05, 3.63) is 29.8 Å². The third-order valence-electron chi connectivity index (χ3n) is 1.98. The molecule has 1 aromatic carbocycles. The van der Waals surface area contributed by atoms with Crippen LogP contribution in [0.1, 0.15) is 19.4 Å². The molecule has 1 N–H and O–H groups in total. The Morgan fingerprint density at radius 1 is 1.38 bits per heavy atom. The lowest BCUT2D eigenvalue weighted by Crippen LogP contribution is -2.15. The molecule has 1 rings (SSSR count). The first-order chi connectivity index (χ1) is 7.63. The largest absolute Gasteiger partial charge is 0.461 e. The van der Waals surface area contributed by atoms with Gasteiger partial charge in [0.1, 0.15) is 5.71 Å². The molecule has 1 aromatic rings. The van der Waals surface area contributed by atoms with Crippen LogP contribution in [0.2, 0.25) is 0 Å². The van der Waals surface area contributed by atoms with Crippen LogP contribution in [-0.4, -0.2) is 18.3 Å². The molecule has 4 heteroatoms. The quantitative estimate of drug-likeness (QED) is 0.481. The molecule has 86 valence electrons. The number of aryl methyl sites for hydroxylation is 1. The minimum absolute atomic E-state index is 0.308. The van der Waals surface area contributed by atoms with E-state index < -0.39 is 5.97 Å². The van der Waals surface area contributed by atoms with Gasteiger partial charge >= 0.3 is 5.97 Å². The molecule has 0 atom stereocenters. The number of hydrogen-bond donors (Lipinski definition) is 1. The molecule has 0 amide bonds. The van der Waals surface area contributed by atoms with E-state index in [0.717, 1.165) is 5.69 Å². The number of hydrogen-bond acceptors (Lipinski definition) is 4. The van der Waals surface area contributed by atoms with E-state index in [1.165, 1.54) is 5.56 Å². The summed E-state index contributed by atoms with van der Waals surface area (Å²) in [7, 11) is 0. The van der Waals surface area contributed by atoms with Crippen LogP contribution in [-0.2, 0) is 9.53 Å². The smallest absolute Gasteiger partial charge is 0.354 e. The number of esters is 1. The summed E-state index contributed by atoms with van der Waals surface area (Å²) < 4.78 is 4.80. The summed E-state index contributed by atoms with van der Waals surface area (Å²) in [6.07, 6.45) is 0. The summed E-state index contributed by atoms with van der Waals surface area (Å²) in [6, 6.07) is 7.74. The molecule has 0 aliphatic carbocycles. The number of nitrogens with one attached hydrogen (secondary N) is 1. The van der Waals surface area contributed by atoms with Crippen molar-refractivity contribution in [1.29, 1.82) is 0 Å². The van der Waals surface area contributed by atoms with E-state index in [1.54, 1.807) is 13.8 Å². The van der Waals surface area contributed by atoms with Gasteiger partial charge in [-0.3, -0.25) is 5.43 Å². The Morgan fingerprint density at radius 3 is 2.56 bits per heavy atom. The maximum absolute atomic E-state index is 11.2.